The lowest BCUT2D eigenvalue weighted by atomic mass is 9.97. The van der Waals surface area contributed by atoms with Crippen LogP contribution in [-0.4, -0.2) is 34.3 Å². The van der Waals surface area contributed by atoms with E-state index in [9.17, 15) is 18.4 Å². The highest BCUT2D eigenvalue weighted by molar-refractivity contribution is 9.09. The van der Waals surface area contributed by atoms with E-state index in [1.807, 2.05) is 48.5 Å². The standard InChI is InChI=1S/C18H24BrFO3.C18H25FO3/c1-17(2,3)23-16(21)15(19)13-10-11(20)6-7-12(13)14-8-9-18(4,5)22-14;1-17(2,3)22-16(20)11-12-10-13(19)6-7-14(12)15-8-9-18(4,5)21-15/h6-7,10,14-15H,8-9H2,1-5H3;6-7,10,15H,8-9,11H2,1-5H3. The summed E-state index contributed by atoms with van der Waals surface area (Å²) in [5.41, 5.74) is 1.42. The Labute approximate surface area is 275 Å². The predicted octanol–water partition coefficient (Wildman–Crippen LogP) is 9.57. The Balaban J connectivity index is 0.000000246. The van der Waals surface area contributed by atoms with Gasteiger partial charge in [0.2, 0.25) is 0 Å². The van der Waals surface area contributed by atoms with Crippen molar-refractivity contribution in [3.8, 4) is 0 Å². The van der Waals surface area contributed by atoms with Gasteiger partial charge in [0.1, 0.15) is 27.7 Å². The minimum absolute atomic E-state index is 0.0602. The fraction of sp³-hybridized carbons (Fsp3) is 0.611. The fourth-order valence-electron chi connectivity index (χ4n) is 5.51. The number of alkyl halides is 1. The van der Waals surface area contributed by atoms with Crippen molar-refractivity contribution in [3.05, 3.63) is 70.3 Å². The molecule has 2 aliphatic heterocycles. The van der Waals surface area contributed by atoms with Crippen LogP contribution in [-0.2, 0) is 35.0 Å². The van der Waals surface area contributed by atoms with E-state index in [2.05, 4.69) is 15.9 Å². The van der Waals surface area contributed by atoms with Crippen molar-refractivity contribution in [1.82, 2.24) is 0 Å². The number of carbonyl (C=O) groups excluding carboxylic acids is 2. The van der Waals surface area contributed by atoms with Crippen LogP contribution in [0.5, 0.6) is 0 Å². The van der Waals surface area contributed by atoms with Crippen molar-refractivity contribution in [3.63, 3.8) is 0 Å². The lowest BCUT2D eigenvalue weighted by Crippen LogP contribution is -2.26. The Hall–Kier alpha value is -2.36. The minimum Gasteiger partial charge on any atom is -0.460 e. The molecule has 2 aliphatic rings. The molecule has 6 nitrogen and oxygen atoms in total. The second-order valence-electron chi connectivity index (χ2n) is 15.1. The normalized spacial score (nSPS) is 21.4. The van der Waals surface area contributed by atoms with E-state index in [1.54, 1.807) is 32.9 Å². The van der Waals surface area contributed by atoms with Gasteiger partial charge in [-0.1, -0.05) is 28.1 Å². The first kappa shape index (κ1) is 37.1. The monoisotopic (exact) mass is 694 g/mol. The molecule has 0 bridgehead atoms. The number of ether oxygens (including phenoxy) is 4. The van der Waals surface area contributed by atoms with E-state index >= 15 is 0 Å². The molecule has 0 spiro atoms. The van der Waals surface area contributed by atoms with Crippen molar-refractivity contribution >= 4 is 27.9 Å². The summed E-state index contributed by atoms with van der Waals surface area (Å²) in [5, 5.41) is 0. The molecule has 0 amide bonds. The maximum Gasteiger partial charge on any atom is 0.324 e. The summed E-state index contributed by atoms with van der Waals surface area (Å²) in [5.74, 6) is -1.51. The molecule has 3 unspecified atom stereocenters. The van der Waals surface area contributed by atoms with Gasteiger partial charge in [0, 0.05) is 0 Å². The smallest absolute Gasteiger partial charge is 0.324 e. The van der Waals surface area contributed by atoms with E-state index in [0.717, 1.165) is 36.8 Å². The fourth-order valence-corrected chi connectivity index (χ4v) is 6.00. The zero-order valence-electron chi connectivity index (χ0n) is 28.3. The van der Waals surface area contributed by atoms with Gasteiger partial charge in [0.25, 0.3) is 0 Å². The number of hydrogen-bond acceptors (Lipinski definition) is 6. The number of benzene rings is 2. The van der Waals surface area contributed by atoms with E-state index in [1.165, 1.54) is 24.3 Å². The van der Waals surface area contributed by atoms with E-state index in [0.29, 0.717) is 11.1 Å². The maximum absolute atomic E-state index is 13.7. The number of hydrogen-bond donors (Lipinski definition) is 0. The molecule has 0 aromatic heterocycles. The Morgan fingerprint density at radius 1 is 0.822 bits per heavy atom. The zero-order chi connectivity index (χ0) is 34.0. The van der Waals surface area contributed by atoms with Crippen LogP contribution >= 0.6 is 15.9 Å². The molecule has 0 N–H and O–H groups in total. The molecule has 0 saturated carbocycles. The van der Waals surface area contributed by atoms with Crippen LogP contribution < -0.4 is 0 Å². The van der Waals surface area contributed by atoms with E-state index < -0.39 is 22.0 Å². The largest absolute Gasteiger partial charge is 0.460 e. The molecule has 0 aliphatic carbocycles. The molecule has 3 atom stereocenters. The van der Waals surface area contributed by atoms with Gasteiger partial charge in [-0.15, -0.1) is 0 Å². The molecule has 2 aromatic rings. The quantitative estimate of drug-likeness (QED) is 0.222. The highest BCUT2D eigenvalue weighted by Gasteiger charge is 2.36. The molecule has 2 fully saturated rings. The molecule has 2 heterocycles. The van der Waals surface area contributed by atoms with Gasteiger partial charge < -0.3 is 18.9 Å². The summed E-state index contributed by atoms with van der Waals surface area (Å²) in [6, 6.07) is 9.04. The van der Waals surface area contributed by atoms with Gasteiger partial charge in [0.15, 0.2) is 0 Å². The van der Waals surface area contributed by atoms with Crippen molar-refractivity contribution < 1.29 is 37.3 Å². The summed E-state index contributed by atoms with van der Waals surface area (Å²) in [7, 11) is 0. The van der Waals surface area contributed by atoms with Crippen LogP contribution in [0.4, 0.5) is 8.78 Å². The summed E-state index contributed by atoms with van der Waals surface area (Å²) >= 11 is 3.37. The van der Waals surface area contributed by atoms with E-state index in [-0.39, 0.29) is 47.4 Å². The van der Waals surface area contributed by atoms with Crippen molar-refractivity contribution in [2.75, 3.05) is 0 Å². The SMILES string of the molecule is CC(C)(C)OC(=O)C(Br)c1cc(F)ccc1C1CCC(C)(C)O1.CC(C)(C)OC(=O)Cc1cc(F)ccc1C1CCC(C)(C)O1. The first-order chi connectivity index (χ1) is 20.5. The summed E-state index contributed by atoms with van der Waals surface area (Å²) in [6.07, 6.45) is 3.43. The molecule has 4 rings (SSSR count). The first-order valence-electron chi connectivity index (χ1n) is 15.6. The van der Waals surface area contributed by atoms with Gasteiger partial charge >= 0.3 is 11.9 Å². The molecule has 2 saturated heterocycles. The third-order valence-electron chi connectivity index (χ3n) is 7.43. The Morgan fingerprint density at radius 3 is 1.76 bits per heavy atom. The van der Waals surface area contributed by atoms with Crippen LogP contribution in [0.1, 0.15) is 134 Å². The average molecular weight is 696 g/mol. The topological polar surface area (TPSA) is 71.1 Å². The second kappa shape index (κ2) is 14.2. The van der Waals surface area contributed by atoms with Crippen molar-refractivity contribution in [2.24, 2.45) is 0 Å². The van der Waals surface area contributed by atoms with Crippen LogP contribution in [0.3, 0.4) is 0 Å². The number of carbonyl (C=O) groups is 2. The molecule has 9 heteroatoms. The van der Waals surface area contributed by atoms with Crippen LogP contribution in [0.15, 0.2) is 36.4 Å². The van der Waals surface area contributed by atoms with E-state index in [4.69, 9.17) is 18.9 Å². The Bertz CT molecular complexity index is 1360. The highest BCUT2D eigenvalue weighted by atomic mass is 79.9. The predicted molar refractivity (Wildman–Crippen MR) is 174 cm³/mol. The van der Waals surface area contributed by atoms with Crippen molar-refractivity contribution in [1.29, 1.82) is 0 Å². The third-order valence-corrected chi connectivity index (χ3v) is 8.30. The molecule has 45 heavy (non-hydrogen) atoms. The van der Waals surface area contributed by atoms with Gasteiger partial charge in [-0.2, -0.15) is 0 Å². The number of esters is 2. The lowest BCUT2D eigenvalue weighted by Gasteiger charge is -2.25. The Kier molecular flexibility index (Phi) is 11.7. The van der Waals surface area contributed by atoms with Gasteiger partial charge in [-0.25, -0.2) is 8.78 Å². The highest BCUT2D eigenvalue weighted by Crippen LogP contribution is 2.43. The summed E-state index contributed by atoms with van der Waals surface area (Å²) in [4.78, 5) is 23.7. The van der Waals surface area contributed by atoms with Crippen LogP contribution in [0, 0.1) is 11.6 Å². The molecule has 250 valence electrons. The summed E-state index contributed by atoms with van der Waals surface area (Å²) in [6.45, 7) is 19.0. The first-order valence-corrected chi connectivity index (χ1v) is 16.5. The number of halogens is 3. The molecule has 2 aromatic carbocycles. The van der Waals surface area contributed by atoms with Crippen LogP contribution in [0.25, 0.3) is 0 Å². The second-order valence-corrected chi connectivity index (χ2v) is 16.0. The van der Waals surface area contributed by atoms with Gasteiger partial charge in [-0.3, -0.25) is 9.59 Å². The van der Waals surface area contributed by atoms with Gasteiger partial charge in [-0.05, 0) is 141 Å². The third kappa shape index (κ3) is 11.4. The molecular formula is C36H49BrF2O6. The van der Waals surface area contributed by atoms with Gasteiger partial charge in [0.05, 0.1) is 29.8 Å². The molecular weight excluding hydrogens is 646 g/mol. The maximum atomic E-state index is 13.7. The lowest BCUT2D eigenvalue weighted by molar-refractivity contribution is -0.155. The summed E-state index contributed by atoms with van der Waals surface area (Å²) < 4.78 is 50.1. The average Bonchev–Trinajstić information content (AvgIpc) is 3.42. The number of rotatable bonds is 6. The van der Waals surface area contributed by atoms with Crippen LogP contribution in [0.2, 0.25) is 0 Å². The Morgan fingerprint density at radius 2 is 1.29 bits per heavy atom. The van der Waals surface area contributed by atoms with Crippen molar-refractivity contribution in [2.45, 2.75) is 141 Å². The minimum atomic E-state index is -0.722. The molecule has 0 radical (unpaired) electrons. The zero-order valence-corrected chi connectivity index (χ0v) is 29.9.